The molecular weight excluding hydrogens is 154 g/mol. The fourth-order valence-corrected chi connectivity index (χ4v) is 1.09. The Bertz CT molecular complexity index is 122. The van der Waals surface area contributed by atoms with Crippen molar-refractivity contribution >= 4 is 5.97 Å². The van der Waals surface area contributed by atoms with Gasteiger partial charge in [-0.15, -0.1) is 0 Å². The lowest BCUT2D eigenvalue weighted by molar-refractivity contribution is -0.140. The number of nitrogens with zero attached hydrogens (tertiary/aromatic N) is 1. The first-order chi connectivity index (χ1) is 5.74. The van der Waals surface area contributed by atoms with E-state index in [2.05, 4.69) is 23.5 Å². The number of methoxy groups -OCH3 is 1. The second-order valence-electron chi connectivity index (χ2n) is 2.71. The predicted molar refractivity (Wildman–Crippen MR) is 49.0 cm³/mol. The van der Waals surface area contributed by atoms with Gasteiger partial charge in [0.25, 0.3) is 0 Å². The van der Waals surface area contributed by atoms with Crippen LogP contribution >= 0.6 is 0 Å². The molecule has 0 atom stereocenters. The van der Waals surface area contributed by atoms with Gasteiger partial charge in [0.1, 0.15) is 0 Å². The summed E-state index contributed by atoms with van der Waals surface area (Å²) in [6.07, 6.45) is 1.43. The summed E-state index contributed by atoms with van der Waals surface area (Å²) < 4.78 is 4.54. The molecule has 12 heavy (non-hydrogen) atoms. The lowest BCUT2D eigenvalue weighted by atomic mass is 10.3. The first kappa shape index (κ1) is 11.4. The molecule has 0 amide bonds. The highest BCUT2D eigenvalue weighted by atomic mass is 16.5. The molecule has 0 N–H and O–H groups in total. The van der Waals surface area contributed by atoms with E-state index in [0.29, 0.717) is 6.42 Å². The van der Waals surface area contributed by atoms with Gasteiger partial charge in [-0.3, -0.25) is 4.79 Å². The Balaban J connectivity index is 3.34. The van der Waals surface area contributed by atoms with Gasteiger partial charge in [-0.25, -0.2) is 0 Å². The van der Waals surface area contributed by atoms with Gasteiger partial charge in [0.05, 0.1) is 7.11 Å². The van der Waals surface area contributed by atoms with Crippen molar-refractivity contribution in [1.29, 1.82) is 0 Å². The third-order valence-electron chi connectivity index (χ3n) is 1.98. The molecule has 0 bridgehead atoms. The van der Waals surface area contributed by atoms with Gasteiger partial charge < -0.3 is 9.64 Å². The van der Waals surface area contributed by atoms with E-state index in [1.54, 1.807) is 0 Å². The highest BCUT2D eigenvalue weighted by Crippen LogP contribution is 1.95. The van der Waals surface area contributed by atoms with Gasteiger partial charge in [-0.1, -0.05) is 13.8 Å². The second-order valence-corrected chi connectivity index (χ2v) is 2.71. The Morgan fingerprint density at radius 1 is 1.33 bits per heavy atom. The van der Waals surface area contributed by atoms with Gasteiger partial charge in [0.15, 0.2) is 0 Å². The second kappa shape index (κ2) is 7.10. The van der Waals surface area contributed by atoms with Crippen molar-refractivity contribution < 1.29 is 9.53 Å². The van der Waals surface area contributed by atoms with Crippen LogP contribution in [0.15, 0.2) is 0 Å². The molecule has 0 saturated heterocycles. The number of ether oxygens (including phenoxy) is 1. The molecule has 0 heterocycles. The highest BCUT2D eigenvalue weighted by Gasteiger charge is 2.02. The van der Waals surface area contributed by atoms with Crippen LogP contribution in [0.5, 0.6) is 0 Å². The molecule has 3 heteroatoms. The Morgan fingerprint density at radius 3 is 2.33 bits per heavy atom. The minimum absolute atomic E-state index is 0.109. The Kier molecular flexibility index (Phi) is 6.76. The molecule has 0 aliphatic rings. The zero-order valence-electron chi connectivity index (χ0n) is 8.30. The van der Waals surface area contributed by atoms with Crippen LogP contribution < -0.4 is 0 Å². The number of carbonyl (C=O) groups excluding carboxylic acids is 1. The van der Waals surface area contributed by atoms with Gasteiger partial charge in [0.2, 0.25) is 0 Å². The molecular formula is C9H19NO2. The molecule has 0 aliphatic carbocycles. The Hall–Kier alpha value is -0.570. The third kappa shape index (κ3) is 5.13. The maximum atomic E-state index is 10.7. The summed E-state index contributed by atoms with van der Waals surface area (Å²) in [5, 5.41) is 0. The SMILES string of the molecule is CCN(CC)CCCC(=O)OC. The number of carbonyl (C=O) groups is 1. The summed E-state index contributed by atoms with van der Waals surface area (Å²) >= 11 is 0. The average molecular weight is 173 g/mol. The largest absolute Gasteiger partial charge is 0.469 e. The topological polar surface area (TPSA) is 29.5 Å². The van der Waals surface area contributed by atoms with E-state index in [0.717, 1.165) is 26.1 Å². The van der Waals surface area contributed by atoms with Crippen molar-refractivity contribution in [2.75, 3.05) is 26.7 Å². The molecule has 0 unspecified atom stereocenters. The van der Waals surface area contributed by atoms with E-state index in [1.165, 1.54) is 7.11 Å². The van der Waals surface area contributed by atoms with Crippen LogP contribution in [-0.2, 0) is 9.53 Å². The third-order valence-corrected chi connectivity index (χ3v) is 1.98. The zero-order chi connectivity index (χ0) is 9.40. The average Bonchev–Trinajstić information content (AvgIpc) is 2.12. The van der Waals surface area contributed by atoms with Gasteiger partial charge in [-0.05, 0) is 26.1 Å². The van der Waals surface area contributed by atoms with E-state index in [9.17, 15) is 4.79 Å². The van der Waals surface area contributed by atoms with Crippen LogP contribution in [0.25, 0.3) is 0 Å². The molecule has 72 valence electrons. The van der Waals surface area contributed by atoms with Crippen molar-refractivity contribution in [3.63, 3.8) is 0 Å². The fourth-order valence-electron chi connectivity index (χ4n) is 1.09. The molecule has 0 aromatic heterocycles. The maximum absolute atomic E-state index is 10.7. The first-order valence-corrected chi connectivity index (χ1v) is 4.53. The molecule has 0 aromatic carbocycles. The number of hydrogen-bond acceptors (Lipinski definition) is 3. The molecule has 0 rings (SSSR count). The minimum Gasteiger partial charge on any atom is -0.469 e. The lowest BCUT2D eigenvalue weighted by Gasteiger charge is -2.16. The van der Waals surface area contributed by atoms with Crippen molar-refractivity contribution in [3.05, 3.63) is 0 Å². The summed E-state index contributed by atoms with van der Waals surface area (Å²) in [7, 11) is 1.43. The van der Waals surface area contributed by atoms with E-state index in [4.69, 9.17) is 0 Å². The number of esters is 1. The van der Waals surface area contributed by atoms with Crippen molar-refractivity contribution in [1.82, 2.24) is 4.90 Å². The summed E-state index contributed by atoms with van der Waals surface area (Å²) in [6.45, 7) is 7.35. The summed E-state index contributed by atoms with van der Waals surface area (Å²) in [5.74, 6) is -0.109. The molecule has 0 aromatic rings. The lowest BCUT2D eigenvalue weighted by Crippen LogP contribution is -2.24. The smallest absolute Gasteiger partial charge is 0.305 e. The summed E-state index contributed by atoms with van der Waals surface area (Å²) in [5.41, 5.74) is 0. The van der Waals surface area contributed by atoms with Crippen molar-refractivity contribution in [2.24, 2.45) is 0 Å². The number of rotatable bonds is 6. The van der Waals surface area contributed by atoms with Gasteiger partial charge in [-0.2, -0.15) is 0 Å². The van der Waals surface area contributed by atoms with Crippen LogP contribution in [0.4, 0.5) is 0 Å². The van der Waals surface area contributed by atoms with Crippen molar-refractivity contribution in [2.45, 2.75) is 26.7 Å². The van der Waals surface area contributed by atoms with Crippen LogP contribution in [0.2, 0.25) is 0 Å². The summed E-state index contributed by atoms with van der Waals surface area (Å²) in [4.78, 5) is 13.0. The quantitative estimate of drug-likeness (QED) is 0.567. The standard InChI is InChI=1S/C9H19NO2/c1-4-10(5-2)8-6-7-9(11)12-3/h4-8H2,1-3H3. The first-order valence-electron chi connectivity index (χ1n) is 4.53. The molecule has 0 spiro atoms. The monoisotopic (exact) mass is 173 g/mol. The molecule has 0 radical (unpaired) electrons. The predicted octanol–water partition coefficient (Wildman–Crippen LogP) is 1.28. The van der Waals surface area contributed by atoms with E-state index in [-0.39, 0.29) is 5.97 Å². The Morgan fingerprint density at radius 2 is 1.92 bits per heavy atom. The molecule has 0 saturated carbocycles. The molecule has 3 nitrogen and oxygen atoms in total. The fraction of sp³-hybridized carbons (Fsp3) is 0.889. The van der Waals surface area contributed by atoms with E-state index >= 15 is 0 Å². The molecule has 0 aliphatic heterocycles. The van der Waals surface area contributed by atoms with Gasteiger partial charge >= 0.3 is 5.97 Å². The minimum atomic E-state index is -0.109. The highest BCUT2D eigenvalue weighted by molar-refractivity contribution is 5.69. The van der Waals surface area contributed by atoms with Crippen molar-refractivity contribution in [3.8, 4) is 0 Å². The Labute approximate surface area is 74.7 Å². The van der Waals surface area contributed by atoms with Crippen LogP contribution in [0.3, 0.4) is 0 Å². The normalized spacial score (nSPS) is 10.3. The number of hydrogen-bond donors (Lipinski definition) is 0. The van der Waals surface area contributed by atoms with Crippen LogP contribution in [0.1, 0.15) is 26.7 Å². The van der Waals surface area contributed by atoms with Gasteiger partial charge in [0, 0.05) is 6.42 Å². The summed E-state index contributed by atoms with van der Waals surface area (Å²) in [6, 6.07) is 0. The van der Waals surface area contributed by atoms with E-state index in [1.807, 2.05) is 0 Å². The van der Waals surface area contributed by atoms with Crippen LogP contribution in [-0.4, -0.2) is 37.6 Å². The molecule has 0 fully saturated rings. The van der Waals surface area contributed by atoms with Crippen LogP contribution in [0, 0.1) is 0 Å². The van der Waals surface area contributed by atoms with E-state index < -0.39 is 0 Å². The zero-order valence-corrected chi connectivity index (χ0v) is 8.30. The maximum Gasteiger partial charge on any atom is 0.305 e.